The minimum atomic E-state index is -1.54. The third kappa shape index (κ3) is 6.24. The van der Waals surface area contributed by atoms with Gasteiger partial charge in [-0.05, 0) is 45.8 Å². The summed E-state index contributed by atoms with van der Waals surface area (Å²) in [5, 5.41) is 22.5. The van der Waals surface area contributed by atoms with Crippen LogP contribution in [0.2, 0.25) is 0 Å². The molecule has 1 aliphatic heterocycles. The number of hydrogen-bond donors (Lipinski definition) is 2. The summed E-state index contributed by atoms with van der Waals surface area (Å²) >= 11 is 0. The Hall–Kier alpha value is 2.37. The van der Waals surface area contributed by atoms with Crippen molar-refractivity contribution in [1.29, 1.82) is 0 Å². The molecular weight excluding hydrogens is 583 g/mol. The molecular formula is C21H33O4Y3-. The maximum Gasteiger partial charge on any atom is 0.0724 e. The Labute approximate surface area is 246 Å². The van der Waals surface area contributed by atoms with Crippen LogP contribution in [0.25, 0.3) is 0 Å². The molecule has 0 amide bonds. The summed E-state index contributed by atoms with van der Waals surface area (Å²) in [6, 6.07) is 9.84. The molecule has 3 radical (unpaired) electrons. The second-order valence-electron chi connectivity index (χ2n) is 8.95. The zero-order chi connectivity index (χ0) is 19.3. The van der Waals surface area contributed by atoms with Gasteiger partial charge in [0, 0.05) is 110 Å². The van der Waals surface area contributed by atoms with Crippen molar-refractivity contribution in [2.24, 2.45) is 5.41 Å². The van der Waals surface area contributed by atoms with Gasteiger partial charge in [0.1, 0.15) is 0 Å². The molecule has 1 fully saturated rings. The van der Waals surface area contributed by atoms with Crippen LogP contribution in [0.15, 0.2) is 30.3 Å². The molecule has 151 valence electrons. The molecule has 2 N–H and O–H groups in total. The van der Waals surface area contributed by atoms with Gasteiger partial charge in [0.15, 0.2) is 0 Å². The predicted molar refractivity (Wildman–Crippen MR) is 98.7 cm³/mol. The Morgan fingerprint density at radius 2 is 1.43 bits per heavy atom. The van der Waals surface area contributed by atoms with Crippen LogP contribution < -0.4 is 0 Å². The topological polar surface area (TPSA) is 58.9 Å². The molecule has 1 aromatic rings. The quantitative estimate of drug-likeness (QED) is 0.495. The number of benzene rings is 1. The van der Waals surface area contributed by atoms with Gasteiger partial charge in [-0.2, -0.15) is 0 Å². The first-order valence-corrected chi connectivity index (χ1v) is 8.86. The minimum absolute atomic E-state index is 0. The van der Waals surface area contributed by atoms with Crippen molar-refractivity contribution in [3.63, 3.8) is 0 Å². The average Bonchev–Trinajstić information content (AvgIpc) is 2.57. The molecule has 0 aliphatic carbocycles. The molecule has 0 aromatic heterocycles. The Balaban J connectivity index is 0. The van der Waals surface area contributed by atoms with Crippen molar-refractivity contribution >= 4 is 0 Å². The number of aliphatic hydroxyl groups is 2. The Morgan fingerprint density at radius 1 is 0.964 bits per heavy atom. The van der Waals surface area contributed by atoms with E-state index in [-0.39, 0.29) is 98.1 Å². The van der Waals surface area contributed by atoms with E-state index in [1.807, 2.05) is 71.9 Å². The number of hydrogen-bond acceptors (Lipinski definition) is 4. The smallest absolute Gasteiger partial charge is 0.0724 e. The molecule has 2 atom stereocenters. The van der Waals surface area contributed by atoms with Gasteiger partial charge < -0.3 is 19.7 Å². The summed E-state index contributed by atoms with van der Waals surface area (Å²) in [5.41, 5.74) is -2.46. The van der Waals surface area contributed by atoms with E-state index < -0.39 is 28.0 Å². The number of ether oxygens (including phenoxy) is 2. The van der Waals surface area contributed by atoms with Crippen LogP contribution in [0, 0.1) is 11.3 Å². The Bertz CT molecular complexity index is 613. The molecule has 1 heterocycles. The van der Waals surface area contributed by atoms with Crippen LogP contribution in [0.3, 0.4) is 0 Å². The molecule has 28 heavy (non-hydrogen) atoms. The van der Waals surface area contributed by atoms with E-state index in [0.29, 0.717) is 12.5 Å². The van der Waals surface area contributed by atoms with E-state index in [9.17, 15) is 10.2 Å². The van der Waals surface area contributed by atoms with E-state index in [0.717, 1.165) is 5.56 Å². The Morgan fingerprint density at radius 3 is 1.82 bits per heavy atom. The number of rotatable bonds is 5. The third-order valence-corrected chi connectivity index (χ3v) is 6.15. The van der Waals surface area contributed by atoms with Crippen LogP contribution in [0.5, 0.6) is 0 Å². The summed E-state index contributed by atoms with van der Waals surface area (Å²) in [5.74, 6) is -1.00. The van der Waals surface area contributed by atoms with Crippen molar-refractivity contribution in [2.75, 3.05) is 0 Å². The summed E-state index contributed by atoms with van der Waals surface area (Å²) in [7, 11) is 0. The van der Waals surface area contributed by atoms with Gasteiger partial charge in [-0.3, -0.25) is 0 Å². The standard InChI is InChI=1S/C21H33O4.3Y/c1-17(2)16(21(8,23)25-18(17,3)4)20(7,22)19(5,6)24-14-15-12-10-9-11-13-15;;;/h9-13,22-23H,14H2,1-8H3;;;/q-1;;;/t20-,21?;;;/m0.../s1. The van der Waals surface area contributed by atoms with Crippen molar-refractivity contribution in [3.05, 3.63) is 41.8 Å². The maximum absolute atomic E-state index is 11.5. The molecule has 1 unspecified atom stereocenters. The van der Waals surface area contributed by atoms with E-state index in [2.05, 4.69) is 0 Å². The minimum Gasteiger partial charge on any atom is -0.419 e. The molecule has 0 spiro atoms. The van der Waals surface area contributed by atoms with Gasteiger partial charge in [-0.25, -0.2) is 5.92 Å². The monoisotopic (exact) mass is 616 g/mol. The first-order chi connectivity index (χ1) is 11.2. The van der Waals surface area contributed by atoms with Crippen LogP contribution in [-0.2, 0) is 114 Å². The van der Waals surface area contributed by atoms with Crippen LogP contribution in [-0.4, -0.2) is 32.8 Å². The third-order valence-electron chi connectivity index (χ3n) is 6.15. The maximum atomic E-state index is 11.5. The Kier molecular flexibility index (Phi) is 12.8. The molecule has 1 saturated heterocycles. The second-order valence-corrected chi connectivity index (χ2v) is 8.95. The molecule has 1 aromatic carbocycles. The van der Waals surface area contributed by atoms with E-state index in [4.69, 9.17) is 9.47 Å². The fourth-order valence-corrected chi connectivity index (χ4v) is 3.90. The van der Waals surface area contributed by atoms with Crippen LogP contribution in [0.1, 0.15) is 61.0 Å². The van der Waals surface area contributed by atoms with Gasteiger partial charge in [-0.15, -0.1) is 5.41 Å². The van der Waals surface area contributed by atoms with Crippen molar-refractivity contribution in [1.82, 2.24) is 0 Å². The van der Waals surface area contributed by atoms with Gasteiger partial charge in [0.05, 0.1) is 12.2 Å². The van der Waals surface area contributed by atoms with Crippen molar-refractivity contribution in [3.8, 4) is 0 Å². The first-order valence-electron chi connectivity index (χ1n) is 8.86. The molecule has 0 bridgehead atoms. The van der Waals surface area contributed by atoms with Crippen molar-refractivity contribution < 1.29 is 118 Å². The van der Waals surface area contributed by atoms with E-state index >= 15 is 0 Å². The second kappa shape index (κ2) is 11.0. The summed E-state index contributed by atoms with van der Waals surface area (Å²) in [4.78, 5) is 0. The first kappa shape index (κ1) is 32.6. The van der Waals surface area contributed by atoms with E-state index in [1.165, 1.54) is 0 Å². The molecule has 0 saturated carbocycles. The average molecular weight is 616 g/mol. The van der Waals surface area contributed by atoms with Gasteiger partial charge >= 0.3 is 0 Å². The van der Waals surface area contributed by atoms with E-state index in [1.54, 1.807) is 13.8 Å². The fourth-order valence-electron chi connectivity index (χ4n) is 3.90. The molecule has 7 heteroatoms. The molecule has 4 nitrogen and oxygen atoms in total. The van der Waals surface area contributed by atoms with Crippen LogP contribution >= 0.6 is 0 Å². The normalized spacial score (nSPS) is 25.6. The van der Waals surface area contributed by atoms with Gasteiger partial charge in [0.25, 0.3) is 0 Å². The largest absolute Gasteiger partial charge is 0.419 e. The van der Waals surface area contributed by atoms with Gasteiger partial charge in [-0.1, -0.05) is 51.1 Å². The zero-order valence-corrected chi connectivity index (χ0v) is 27.1. The summed E-state index contributed by atoms with van der Waals surface area (Å²) < 4.78 is 12.0. The molecule has 1 aliphatic rings. The predicted octanol–water partition coefficient (Wildman–Crippen LogP) is 3.84. The SMILES string of the molecule is CC1(O)OC(C)(C)C(C)(C)[C-]1[C@](C)(O)C(C)(C)OCc1ccccc1.[Y].[Y].[Y]. The van der Waals surface area contributed by atoms with Gasteiger partial charge in [0.2, 0.25) is 0 Å². The summed E-state index contributed by atoms with van der Waals surface area (Å²) in [6.07, 6.45) is 0. The zero-order valence-electron chi connectivity index (χ0n) is 18.5. The van der Waals surface area contributed by atoms with Crippen LogP contribution in [0.4, 0.5) is 0 Å². The molecule has 2 rings (SSSR count). The van der Waals surface area contributed by atoms with Crippen molar-refractivity contribution in [2.45, 2.75) is 84.6 Å². The fraction of sp³-hybridized carbons (Fsp3) is 0.667. The summed E-state index contributed by atoms with van der Waals surface area (Å²) in [6.45, 7) is 15.2.